The molecule has 0 aliphatic rings. The van der Waals surface area contributed by atoms with Crippen LogP contribution in [-0.2, 0) is 35.1 Å². The molecule has 0 saturated heterocycles. The van der Waals surface area contributed by atoms with Gasteiger partial charge in [-0.2, -0.15) is 0 Å². The van der Waals surface area contributed by atoms with Crippen molar-refractivity contribution in [1.82, 2.24) is 0 Å². The van der Waals surface area contributed by atoms with Gasteiger partial charge in [-0.25, -0.2) is 0 Å². The smallest absolute Gasteiger partial charge is 0.320 e. The number of benzene rings is 1. The van der Waals surface area contributed by atoms with Crippen molar-refractivity contribution in [2.75, 3.05) is 13.2 Å². The number of carbonyl (C=O) groups is 4. The van der Waals surface area contributed by atoms with Gasteiger partial charge in [-0.1, -0.05) is 32.4 Å². The number of carboxylic acid groups (broad SMARTS) is 1. The van der Waals surface area contributed by atoms with Crippen LogP contribution in [0.25, 0.3) is 0 Å². The number of ether oxygens (including phenoxy) is 3. The van der Waals surface area contributed by atoms with Crippen LogP contribution >= 0.6 is 0 Å². The topological polar surface area (TPSA) is 142 Å². The van der Waals surface area contributed by atoms with Crippen molar-refractivity contribution in [1.29, 1.82) is 0 Å². The highest BCUT2D eigenvalue weighted by molar-refractivity contribution is 5.73. The van der Waals surface area contributed by atoms with E-state index in [0.29, 0.717) is 11.3 Å². The number of rotatable bonds is 7. The molecule has 0 heterocycles. The Hall–Kier alpha value is -2.94. The van der Waals surface area contributed by atoms with Crippen molar-refractivity contribution in [2.45, 2.75) is 53.6 Å². The van der Waals surface area contributed by atoms with E-state index in [1.807, 2.05) is 0 Å². The van der Waals surface area contributed by atoms with Gasteiger partial charge in [0.05, 0.1) is 13.0 Å². The molecular formula is C20H31NO8. The van der Waals surface area contributed by atoms with Crippen molar-refractivity contribution >= 4 is 23.9 Å². The van der Waals surface area contributed by atoms with E-state index in [9.17, 15) is 14.4 Å². The van der Waals surface area contributed by atoms with Crippen molar-refractivity contribution in [3.63, 3.8) is 0 Å². The quantitative estimate of drug-likeness (QED) is 0.507. The van der Waals surface area contributed by atoms with Gasteiger partial charge in [0.1, 0.15) is 18.5 Å². The Kier molecular flexibility index (Phi) is 16.7. The SMILES string of the molecule is CC(=O)O.CC(=O)Oc1ccc(CC(=O)OCC(C)OC(=O)CN)cc1.CCC. The van der Waals surface area contributed by atoms with E-state index < -0.39 is 30.0 Å². The lowest BCUT2D eigenvalue weighted by Gasteiger charge is -2.13. The summed E-state index contributed by atoms with van der Waals surface area (Å²) in [6, 6.07) is 6.51. The third kappa shape index (κ3) is 19.6. The lowest BCUT2D eigenvalue weighted by Crippen LogP contribution is -2.26. The van der Waals surface area contributed by atoms with Gasteiger partial charge in [-0.15, -0.1) is 0 Å². The van der Waals surface area contributed by atoms with Gasteiger partial charge in [0.15, 0.2) is 0 Å². The molecule has 0 aliphatic carbocycles. The number of esters is 3. The van der Waals surface area contributed by atoms with Gasteiger partial charge in [0, 0.05) is 13.8 Å². The number of hydrogen-bond donors (Lipinski definition) is 2. The van der Waals surface area contributed by atoms with E-state index >= 15 is 0 Å². The van der Waals surface area contributed by atoms with E-state index in [1.165, 1.54) is 13.3 Å². The molecule has 0 fully saturated rings. The second kappa shape index (κ2) is 17.2. The Morgan fingerprint density at radius 1 is 1.03 bits per heavy atom. The Balaban J connectivity index is 0. The fraction of sp³-hybridized carbons (Fsp3) is 0.500. The summed E-state index contributed by atoms with van der Waals surface area (Å²) in [4.78, 5) is 42.4. The van der Waals surface area contributed by atoms with Crippen LogP contribution in [0.15, 0.2) is 24.3 Å². The number of hydrogen-bond acceptors (Lipinski definition) is 8. The monoisotopic (exact) mass is 413 g/mol. The molecule has 9 nitrogen and oxygen atoms in total. The van der Waals surface area contributed by atoms with Gasteiger partial charge >= 0.3 is 17.9 Å². The third-order valence-corrected chi connectivity index (χ3v) is 2.51. The molecule has 0 radical (unpaired) electrons. The van der Waals surface area contributed by atoms with Crippen LogP contribution < -0.4 is 10.5 Å². The maximum atomic E-state index is 11.7. The van der Waals surface area contributed by atoms with Crippen LogP contribution in [0.4, 0.5) is 0 Å². The second-order valence-electron chi connectivity index (χ2n) is 5.83. The molecule has 0 aliphatic heterocycles. The molecule has 1 aromatic rings. The Morgan fingerprint density at radius 2 is 1.52 bits per heavy atom. The first kappa shape index (κ1) is 28.3. The molecule has 3 N–H and O–H groups in total. The first-order valence-corrected chi connectivity index (χ1v) is 9.07. The predicted molar refractivity (Wildman–Crippen MR) is 106 cm³/mol. The summed E-state index contributed by atoms with van der Waals surface area (Å²) < 4.78 is 14.8. The van der Waals surface area contributed by atoms with Crippen LogP contribution in [0, 0.1) is 0 Å². The predicted octanol–water partition coefficient (Wildman–Crippen LogP) is 2.10. The molecule has 1 aromatic carbocycles. The summed E-state index contributed by atoms with van der Waals surface area (Å²) in [5.41, 5.74) is 5.82. The lowest BCUT2D eigenvalue weighted by atomic mass is 10.1. The summed E-state index contributed by atoms with van der Waals surface area (Å²) in [7, 11) is 0. The van der Waals surface area contributed by atoms with Gasteiger partial charge in [-0.3, -0.25) is 19.2 Å². The molecule has 0 aromatic heterocycles. The zero-order valence-electron chi connectivity index (χ0n) is 17.6. The van der Waals surface area contributed by atoms with Crippen LogP contribution in [0.2, 0.25) is 0 Å². The standard InChI is InChI=1S/C15H19NO6.C3H8.C2H4O2/c1-10(21-15(19)8-16)9-20-14(18)7-12-3-5-13(6-4-12)22-11(2)17;1-3-2;1-2(3)4/h3-6,10H,7-9,16H2,1-2H3;3H2,1-2H3;1H3,(H,3,4). The molecule has 0 bridgehead atoms. The van der Waals surface area contributed by atoms with E-state index in [4.69, 9.17) is 29.8 Å². The zero-order chi connectivity index (χ0) is 22.8. The highest BCUT2D eigenvalue weighted by Gasteiger charge is 2.12. The normalized spacial score (nSPS) is 10.1. The van der Waals surface area contributed by atoms with Crippen molar-refractivity contribution in [2.24, 2.45) is 5.73 Å². The molecule has 1 rings (SSSR count). The van der Waals surface area contributed by atoms with Gasteiger partial charge < -0.3 is 25.1 Å². The average Bonchev–Trinajstić information content (AvgIpc) is 2.61. The molecule has 1 unspecified atom stereocenters. The average molecular weight is 413 g/mol. The summed E-state index contributed by atoms with van der Waals surface area (Å²) in [5.74, 6) is -1.83. The summed E-state index contributed by atoms with van der Waals surface area (Å²) in [5, 5.41) is 7.42. The fourth-order valence-corrected chi connectivity index (χ4v) is 1.58. The largest absolute Gasteiger partial charge is 0.481 e. The van der Waals surface area contributed by atoms with E-state index in [0.717, 1.165) is 6.92 Å². The third-order valence-electron chi connectivity index (χ3n) is 2.51. The molecule has 164 valence electrons. The number of aliphatic carboxylic acids is 1. The number of carboxylic acids is 1. The zero-order valence-corrected chi connectivity index (χ0v) is 17.6. The highest BCUT2D eigenvalue weighted by Crippen LogP contribution is 2.13. The van der Waals surface area contributed by atoms with Crippen molar-refractivity contribution in [3.05, 3.63) is 29.8 Å². The lowest BCUT2D eigenvalue weighted by molar-refractivity contribution is -0.156. The van der Waals surface area contributed by atoms with Crippen molar-refractivity contribution in [3.8, 4) is 5.75 Å². The summed E-state index contributed by atoms with van der Waals surface area (Å²) in [6.07, 6.45) is 0.768. The van der Waals surface area contributed by atoms with Crippen molar-refractivity contribution < 1.29 is 38.5 Å². The summed E-state index contributed by atoms with van der Waals surface area (Å²) in [6.45, 7) is 8.00. The highest BCUT2D eigenvalue weighted by atomic mass is 16.6. The van der Waals surface area contributed by atoms with Crippen LogP contribution in [0.3, 0.4) is 0 Å². The molecular weight excluding hydrogens is 382 g/mol. The Bertz CT molecular complexity index is 624. The minimum absolute atomic E-state index is 0.0316. The molecule has 9 heteroatoms. The summed E-state index contributed by atoms with van der Waals surface area (Å²) >= 11 is 0. The Morgan fingerprint density at radius 3 is 1.93 bits per heavy atom. The van der Waals surface area contributed by atoms with E-state index in [1.54, 1.807) is 31.2 Å². The van der Waals surface area contributed by atoms with Crippen LogP contribution in [0.1, 0.15) is 46.6 Å². The first-order valence-electron chi connectivity index (χ1n) is 9.07. The first-order chi connectivity index (χ1) is 13.5. The van der Waals surface area contributed by atoms with Crippen LogP contribution in [0.5, 0.6) is 5.75 Å². The van der Waals surface area contributed by atoms with Gasteiger partial charge in [-0.05, 0) is 24.6 Å². The maximum absolute atomic E-state index is 11.7. The maximum Gasteiger partial charge on any atom is 0.320 e. The minimum Gasteiger partial charge on any atom is -0.481 e. The van der Waals surface area contributed by atoms with Gasteiger partial charge in [0.2, 0.25) is 0 Å². The fourth-order valence-electron chi connectivity index (χ4n) is 1.58. The minimum atomic E-state index is -0.833. The molecule has 29 heavy (non-hydrogen) atoms. The molecule has 1 atom stereocenters. The molecule has 0 saturated carbocycles. The van der Waals surface area contributed by atoms with Crippen LogP contribution in [-0.4, -0.2) is 48.2 Å². The molecule has 0 amide bonds. The molecule has 0 spiro atoms. The number of carbonyl (C=O) groups excluding carboxylic acids is 3. The Labute approximate surface area is 171 Å². The second-order valence-corrected chi connectivity index (χ2v) is 5.83. The number of nitrogens with two attached hydrogens (primary N) is 1. The van der Waals surface area contributed by atoms with E-state index in [2.05, 4.69) is 13.8 Å². The van der Waals surface area contributed by atoms with Gasteiger partial charge in [0.25, 0.3) is 5.97 Å². The van der Waals surface area contributed by atoms with E-state index in [-0.39, 0.29) is 19.6 Å².